The largest absolute Gasteiger partial charge is 0.127 e. The SMILES string of the molecule is C=Cc1ccccc1C.C=Cc1ccccc1Cl.CCCl. The molecule has 0 radical (unpaired) electrons. The van der Waals surface area contributed by atoms with Gasteiger partial charge in [-0.2, -0.15) is 0 Å². The fraction of sp³-hybridized carbons (Fsp3) is 0.158. The van der Waals surface area contributed by atoms with Crippen LogP contribution < -0.4 is 0 Å². The van der Waals surface area contributed by atoms with E-state index in [-0.39, 0.29) is 0 Å². The van der Waals surface area contributed by atoms with Gasteiger partial charge in [0.25, 0.3) is 0 Å². The summed E-state index contributed by atoms with van der Waals surface area (Å²) < 4.78 is 0. The first-order valence-electron chi connectivity index (χ1n) is 6.71. The van der Waals surface area contributed by atoms with Crippen LogP contribution in [0.2, 0.25) is 5.02 Å². The highest BCUT2D eigenvalue weighted by Crippen LogP contribution is 2.14. The van der Waals surface area contributed by atoms with Crippen LogP contribution in [0.4, 0.5) is 0 Å². The molecule has 112 valence electrons. The molecule has 2 aromatic rings. The van der Waals surface area contributed by atoms with Crippen molar-refractivity contribution in [1.29, 1.82) is 0 Å². The van der Waals surface area contributed by atoms with Crippen LogP contribution in [0.5, 0.6) is 0 Å². The summed E-state index contributed by atoms with van der Waals surface area (Å²) in [7, 11) is 0. The van der Waals surface area contributed by atoms with Crippen molar-refractivity contribution in [3.63, 3.8) is 0 Å². The van der Waals surface area contributed by atoms with Gasteiger partial charge in [-0.1, -0.05) is 86.3 Å². The molecule has 0 aliphatic rings. The highest BCUT2D eigenvalue weighted by atomic mass is 35.5. The highest BCUT2D eigenvalue weighted by Gasteiger charge is 1.89. The molecule has 0 fully saturated rings. The third kappa shape index (κ3) is 8.39. The Kier molecular flexibility index (Phi) is 11.4. The third-order valence-electron chi connectivity index (χ3n) is 2.53. The van der Waals surface area contributed by atoms with Crippen molar-refractivity contribution in [1.82, 2.24) is 0 Å². The second-order valence-corrected chi connectivity index (χ2v) is 5.00. The van der Waals surface area contributed by atoms with Gasteiger partial charge >= 0.3 is 0 Å². The normalized spacial score (nSPS) is 8.57. The van der Waals surface area contributed by atoms with Crippen molar-refractivity contribution in [2.24, 2.45) is 0 Å². The molecular formula is C19H22Cl2. The molecule has 2 aromatic carbocycles. The lowest BCUT2D eigenvalue weighted by molar-refractivity contribution is 1.45. The summed E-state index contributed by atoms with van der Waals surface area (Å²) in [5.41, 5.74) is 3.49. The Morgan fingerprint density at radius 3 is 1.67 bits per heavy atom. The lowest BCUT2D eigenvalue weighted by Gasteiger charge is -1.95. The van der Waals surface area contributed by atoms with Gasteiger partial charge in [0.05, 0.1) is 0 Å². The average molecular weight is 321 g/mol. The second-order valence-electron chi connectivity index (χ2n) is 4.05. The first-order valence-corrected chi connectivity index (χ1v) is 7.62. The molecule has 0 bridgehead atoms. The number of hydrogen-bond donors (Lipinski definition) is 0. The molecule has 21 heavy (non-hydrogen) atoms. The topological polar surface area (TPSA) is 0 Å². The molecule has 0 aliphatic carbocycles. The Balaban J connectivity index is 0.000000322. The fourth-order valence-electron chi connectivity index (χ4n) is 1.46. The molecule has 0 atom stereocenters. The van der Waals surface area contributed by atoms with Gasteiger partial charge in [-0.05, 0) is 29.7 Å². The van der Waals surface area contributed by atoms with E-state index in [1.807, 2.05) is 49.4 Å². The summed E-state index contributed by atoms with van der Waals surface area (Å²) >= 11 is 10.8. The van der Waals surface area contributed by atoms with Crippen LogP contribution in [0.1, 0.15) is 23.6 Å². The quantitative estimate of drug-likeness (QED) is 0.530. The summed E-state index contributed by atoms with van der Waals surface area (Å²) in [6, 6.07) is 15.8. The van der Waals surface area contributed by atoms with Crippen LogP contribution in [-0.2, 0) is 0 Å². The van der Waals surface area contributed by atoms with E-state index in [9.17, 15) is 0 Å². The number of benzene rings is 2. The van der Waals surface area contributed by atoms with Crippen LogP contribution in [0.3, 0.4) is 0 Å². The van der Waals surface area contributed by atoms with Gasteiger partial charge in [0.15, 0.2) is 0 Å². The highest BCUT2D eigenvalue weighted by molar-refractivity contribution is 6.32. The van der Waals surface area contributed by atoms with Crippen LogP contribution in [0.25, 0.3) is 12.2 Å². The summed E-state index contributed by atoms with van der Waals surface area (Å²) in [5, 5.41) is 0.757. The molecule has 0 unspecified atom stereocenters. The van der Waals surface area contributed by atoms with E-state index in [0.29, 0.717) is 0 Å². The van der Waals surface area contributed by atoms with E-state index in [2.05, 4.69) is 32.2 Å². The molecule has 2 rings (SSSR count). The maximum atomic E-state index is 5.75. The van der Waals surface area contributed by atoms with E-state index >= 15 is 0 Å². The predicted octanol–water partition coefficient (Wildman–Crippen LogP) is 6.87. The Bertz CT molecular complexity index is 495. The molecule has 0 aromatic heterocycles. The van der Waals surface area contributed by atoms with E-state index < -0.39 is 0 Å². The monoisotopic (exact) mass is 320 g/mol. The number of hydrogen-bond acceptors (Lipinski definition) is 0. The van der Waals surface area contributed by atoms with Crippen LogP contribution >= 0.6 is 23.2 Å². The zero-order valence-corrected chi connectivity index (χ0v) is 14.2. The van der Waals surface area contributed by atoms with Gasteiger partial charge in [-0.15, -0.1) is 11.6 Å². The first-order chi connectivity index (χ1) is 10.1. The van der Waals surface area contributed by atoms with Crippen LogP contribution in [-0.4, -0.2) is 5.88 Å². The summed E-state index contributed by atoms with van der Waals surface area (Å²) in [6.07, 6.45) is 3.61. The predicted molar refractivity (Wildman–Crippen MR) is 99.2 cm³/mol. The molecule has 0 heterocycles. The standard InChI is InChI=1S/C9H10.C8H7Cl.C2H5Cl/c1-3-9-7-5-4-6-8(9)2;1-2-7-5-3-4-6-8(7)9;1-2-3/h3-7H,1H2,2H3;2-6H,1H2;2H2,1H3. The molecule has 0 saturated heterocycles. The van der Waals surface area contributed by atoms with Crippen molar-refractivity contribution >= 4 is 35.4 Å². The Labute approximate surface area is 138 Å². The maximum Gasteiger partial charge on any atom is 0.0478 e. The van der Waals surface area contributed by atoms with Crippen molar-refractivity contribution in [2.75, 3.05) is 5.88 Å². The fourth-order valence-corrected chi connectivity index (χ4v) is 1.67. The lowest BCUT2D eigenvalue weighted by Crippen LogP contribution is -1.75. The Morgan fingerprint density at radius 1 is 0.905 bits per heavy atom. The maximum absolute atomic E-state index is 5.75. The molecular weight excluding hydrogens is 299 g/mol. The number of rotatable bonds is 2. The minimum Gasteiger partial charge on any atom is -0.127 e. The van der Waals surface area contributed by atoms with Gasteiger partial charge in [0, 0.05) is 10.9 Å². The van der Waals surface area contributed by atoms with Gasteiger partial charge in [-0.25, -0.2) is 0 Å². The zero-order valence-electron chi connectivity index (χ0n) is 12.7. The third-order valence-corrected chi connectivity index (χ3v) is 2.88. The van der Waals surface area contributed by atoms with Crippen molar-refractivity contribution in [3.8, 4) is 0 Å². The molecule has 0 aliphatic heterocycles. The van der Waals surface area contributed by atoms with Gasteiger partial charge < -0.3 is 0 Å². The molecule has 0 amide bonds. The number of aryl methyl sites for hydroxylation is 1. The molecule has 0 saturated carbocycles. The van der Waals surface area contributed by atoms with Crippen molar-refractivity contribution in [2.45, 2.75) is 13.8 Å². The lowest BCUT2D eigenvalue weighted by atomic mass is 10.1. The smallest absolute Gasteiger partial charge is 0.0478 e. The van der Waals surface area contributed by atoms with E-state index in [1.165, 1.54) is 11.1 Å². The van der Waals surface area contributed by atoms with Crippen LogP contribution in [0.15, 0.2) is 61.7 Å². The molecule has 0 nitrogen and oxygen atoms in total. The minimum absolute atomic E-state index is 0.722. The van der Waals surface area contributed by atoms with E-state index in [4.69, 9.17) is 23.2 Å². The van der Waals surface area contributed by atoms with E-state index in [0.717, 1.165) is 16.5 Å². The van der Waals surface area contributed by atoms with E-state index in [1.54, 1.807) is 6.08 Å². The molecule has 0 spiro atoms. The van der Waals surface area contributed by atoms with Gasteiger partial charge in [-0.3, -0.25) is 0 Å². The number of halogens is 2. The number of alkyl halides is 1. The molecule has 0 N–H and O–H groups in total. The molecule has 2 heteroatoms. The summed E-state index contributed by atoms with van der Waals surface area (Å²) in [5.74, 6) is 0.722. The first kappa shape index (κ1) is 19.5. The van der Waals surface area contributed by atoms with Crippen molar-refractivity contribution in [3.05, 3.63) is 83.4 Å². The summed E-state index contributed by atoms with van der Waals surface area (Å²) in [6.45, 7) is 11.3. The van der Waals surface area contributed by atoms with Gasteiger partial charge in [0.2, 0.25) is 0 Å². The minimum atomic E-state index is 0.722. The second kappa shape index (κ2) is 12.3. The van der Waals surface area contributed by atoms with Crippen molar-refractivity contribution < 1.29 is 0 Å². The zero-order chi connectivity index (χ0) is 16.1. The van der Waals surface area contributed by atoms with Crippen LogP contribution in [0, 0.1) is 6.92 Å². The van der Waals surface area contributed by atoms with Gasteiger partial charge in [0.1, 0.15) is 0 Å². The summed E-state index contributed by atoms with van der Waals surface area (Å²) in [4.78, 5) is 0. The average Bonchev–Trinajstić information content (AvgIpc) is 2.50. The Hall–Kier alpha value is -1.50. The Morgan fingerprint density at radius 2 is 1.33 bits per heavy atom.